The van der Waals surface area contributed by atoms with Crippen LogP contribution in [0.25, 0.3) is 0 Å². The highest BCUT2D eigenvalue weighted by molar-refractivity contribution is 5.92. The summed E-state index contributed by atoms with van der Waals surface area (Å²) < 4.78 is 0. The summed E-state index contributed by atoms with van der Waals surface area (Å²) >= 11 is 0. The Hall–Kier alpha value is -2.43. The van der Waals surface area contributed by atoms with Gasteiger partial charge in [-0.2, -0.15) is 0 Å². The van der Waals surface area contributed by atoms with Crippen LogP contribution in [0.3, 0.4) is 0 Å². The molecule has 0 saturated carbocycles. The Bertz CT molecular complexity index is 552. The van der Waals surface area contributed by atoms with Crippen molar-refractivity contribution in [2.75, 3.05) is 5.32 Å². The molecular formula is C15H18N4O. The van der Waals surface area contributed by atoms with Crippen LogP contribution >= 0.6 is 0 Å². The van der Waals surface area contributed by atoms with Gasteiger partial charge in [0.05, 0.1) is 24.1 Å². The Morgan fingerprint density at radius 2 is 2.05 bits per heavy atom. The van der Waals surface area contributed by atoms with Gasteiger partial charge in [-0.05, 0) is 38.1 Å². The van der Waals surface area contributed by atoms with Crippen molar-refractivity contribution < 1.29 is 4.79 Å². The molecule has 0 spiro atoms. The third-order valence-electron chi connectivity index (χ3n) is 2.62. The van der Waals surface area contributed by atoms with Crippen LogP contribution in [0.1, 0.15) is 30.0 Å². The number of rotatable bonds is 5. The summed E-state index contributed by atoms with van der Waals surface area (Å²) in [6.07, 6.45) is 3.41. The fraction of sp³-hybridized carbons (Fsp3) is 0.267. The number of pyridine rings is 2. The smallest absolute Gasteiger partial charge is 0.270 e. The van der Waals surface area contributed by atoms with E-state index in [1.54, 1.807) is 18.5 Å². The summed E-state index contributed by atoms with van der Waals surface area (Å²) in [4.78, 5) is 20.1. The molecule has 104 valence electrons. The zero-order chi connectivity index (χ0) is 14.4. The fourth-order valence-electron chi connectivity index (χ4n) is 1.66. The molecular weight excluding hydrogens is 252 g/mol. The lowest BCUT2D eigenvalue weighted by atomic mass is 10.3. The minimum atomic E-state index is -0.156. The average Bonchev–Trinajstić information content (AvgIpc) is 2.46. The van der Waals surface area contributed by atoms with Crippen LogP contribution in [-0.2, 0) is 6.54 Å². The number of carbonyl (C=O) groups excluding carboxylic acids is 1. The van der Waals surface area contributed by atoms with E-state index in [2.05, 4.69) is 20.6 Å². The Balaban J connectivity index is 1.93. The van der Waals surface area contributed by atoms with Gasteiger partial charge in [-0.3, -0.25) is 9.78 Å². The largest absolute Gasteiger partial charge is 0.378 e. The van der Waals surface area contributed by atoms with Gasteiger partial charge >= 0.3 is 0 Å². The molecule has 2 N–H and O–H groups in total. The normalized spacial score (nSPS) is 10.3. The summed E-state index contributed by atoms with van der Waals surface area (Å²) in [6, 6.07) is 9.43. The van der Waals surface area contributed by atoms with Crippen LogP contribution in [-0.4, -0.2) is 21.9 Å². The van der Waals surface area contributed by atoms with Gasteiger partial charge in [0.15, 0.2) is 0 Å². The summed E-state index contributed by atoms with van der Waals surface area (Å²) in [5.41, 5.74) is 2.23. The van der Waals surface area contributed by atoms with Gasteiger partial charge in [-0.1, -0.05) is 6.07 Å². The molecule has 5 nitrogen and oxygen atoms in total. The lowest BCUT2D eigenvalue weighted by Gasteiger charge is -2.09. The summed E-state index contributed by atoms with van der Waals surface area (Å²) in [7, 11) is 0. The number of nitrogens with one attached hydrogen (secondary N) is 2. The van der Waals surface area contributed by atoms with Crippen LogP contribution in [0.4, 0.5) is 5.69 Å². The molecule has 2 aromatic rings. The summed E-state index contributed by atoms with van der Waals surface area (Å²) in [6.45, 7) is 4.46. The minimum Gasteiger partial charge on any atom is -0.378 e. The van der Waals surface area contributed by atoms with E-state index in [0.717, 1.165) is 11.4 Å². The molecule has 5 heteroatoms. The van der Waals surface area contributed by atoms with Crippen molar-refractivity contribution in [2.24, 2.45) is 0 Å². The van der Waals surface area contributed by atoms with Crippen LogP contribution in [0, 0.1) is 0 Å². The number of amides is 1. The molecule has 0 aliphatic heterocycles. The van der Waals surface area contributed by atoms with Gasteiger partial charge in [-0.25, -0.2) is 4.98 Å². The van der Waals surface area contributed by atoms with Gasteiger partial charge in [0, 0.05) is 12.2 Å². The second-order valence-electron chi connectivity index (χ2n) is 4.73. The molecule has 0 aliphatic carbocycles. The highest BCUT2D eigenvalue weighted by Crippen LogP contribution is 2.08. The molecule has 0 radical (unpaired) electrons. The highest BCUT2D eigenvalue weighted by atomic mass is 16.1. The van der Waals surface area contributed by atoms with Crippen molar-refractivity contribution in [1.82, 2.24) is 15.3 Å². The SMILES string of the molecule is CC(C)NC(=O)c1ccc(NCc2ccccn2)cn1. The van der Waals surface area contributed by atoms with E-state index in [1.165, 1.54) is 0 Å². The fourth-order valence-corrected chi connectivity index (χ4v) is 1.66. The van der Waals surface area contributed by atoms with Crippen LogP contribution in [0.15, 0.2) is 42.7 Å². The number of hydrogen-bond acceptors (Lipinski definition) is 4. The number of anilines is 1. The van der Waals surface area contributed by atoms with Crippen molar-refractivity contribution in [3.05, 3.63) is 54.1 Å². The molecule has 0 aromatic carbocycles. The maximum Gasteiger partial charge on any atom is 0.270 e. The Morgan fingerprint density at radius 1 is 1.20 bits per heavy atom. The van der Waals surface area contributed by atoms with E-state index in [-0.39, 0.29) is 11.9 Å². The quantitative estimate of drug-likeness (QED) is 0.874. The second kappa shape index (κ2) is 6.65. The van der Waals surface area contributed by atoms with Gasteiger partial charge < -0.3 is 10.6 Å². The van der Waals surface area contributed by atoms with E-state index in [1.807, 2.05) is 38.1 Å². The monoisotopic (exact) mass is 270 g/mol. The van der Waals surface area contributed by atoms with Gasteiger partial charge in [0.1, 0.15) is 5.69 Å². The average molecular weight is 270 g/mol. The number of hydrogen-bond donors (Lipinski definition) is 2. The predicted octanol–water partition coefficient (Wildman–Crippen LogP) is 2.23. The van der Waals surface area contributed by atoms with Crippen LogP contribution in [0.2, 0.25) is 0 Å². The molecule has 0 saturated heterocycles. The standard InChI is InChI=1S/C15H18N4O/c1-11(2)19-15(20)14-7-6-13(10-18-14)17-9-12-5-3-4-8-16-12/h3-8,10-11,17H,9H2,1-2H3,(H,19,20). The van der Waals surface area contributed by atoms with E-state index in [4.69, 9.17) is 0 Å². The minimum absolute atomic E-state index is 0.103. The maximum atomic E-state index is 11.7. The molecule has 0 aliphatic rings. The zero-order valence-electron chi connectivity index (χ0n) is 11.6. The first kappa shape index (κ1) is 14.0. The number of aromatic nitrogens is 2. The summed E-state index contributed by atoms with van der Waals surface area (Å²) in [5.74, 6) is -0.156. The molecule has 2 rings (SSSR count). The molecule has 0 fully saturated rings. The molecule has 2 heterocycles. The molecule has 0 bridgehead atoms. The second-order valence-corrected chi connectivity index (χ2v) is 4.73. The predicted molar refractivity (Wildman–Crippen MR) is 78.4 cm³/mol. The lowest BCUT2D eigenvalue weighted by Crippen LogP contribution is -2.30. The van der Waals surface area contributed by atoms with E-state index < -0.39 is 0 Å². The molecule has 0 unspecified atom stereocenters. The first-order valence-electron chi connectivity index (χ1n) is 6.56. The Kier molecular flexibility index (Phi) is 4.65. The van der Waals surface area contributed by atoms with E-state index in [0.29, 0.717) is 12.2 Å². The Morgan fingerprint density at radius 3 is 2.65 bits per heavy atom. The summed E-state index contributed by atoms with van der Waals surface area (Å²) in [5, 5.41) is 6.02. The van der Waals surface area contributed by atoms with Gasteiger partial charge in [0.25, 0.3) is 5.91 Å². The number of carbonyl (C=O) groups is 1. The van der Waals surface area contributed by atoms with Crippen molar-refractivity contribution in [2.45, 2.75) is 26.4 Å². The third kappa shape index (κ3) is 4.05. The zero-order valence-corrected chi connectivity index (χ0v) is 11.6. The van der Waals surface area contributed by atoms with E-state index in [9.17, 15) is 4.79 Å². The third-order valence-corrected chi connectivity index (χ3v) is 2.62. The van der Waals surface area contributed by atoms with Gasteiger partial charge in [-0.15, -0.1) is 0 Å². The molecule has 1 amide bonds. The lowest BCUT2D eigenvalue weighted by molar-refractivity contribution is 0.0938. The van der Waals surface area contributed by atoms with Crippen LogP contribution in [0.5, 0.6) is 0 Å². The Labute approximate surface area is 118 Å². The van der Waals surface area contributed by atoms with Gasteiger partial charge in [0.2, 0.25) is 0 Å². The van der Waals surface area contributed by atoms with E-state index >= 15 is 0 Å². The number of nitrogens with zero attached hydrogens (tertiary/aromatic N) is 2. The first-order chi connectivity index (χ1) is 9.65. The van der Waals surface area contributed by atoms with Crippen molar-refractivity contribution in [1.29, 1.82) is 0 Å². The van der Waals surface area contributed by atoms with Crippen LogP contribution < -0.4 is 10.6 Å². The molecule has 0 atom stereocenters. The molecule has 20 heavy (non-hydrogen) atoms. The highest BCUT2D eigenvalue weighted by Gasteiger charge is 2.07. The van der Waals surface area contributed by atoms with Crippen molar-refractivity contribution >= 4 is 11.6 Å². The maximum absolute atomic E-state index is 11.7. The topological polar surface area (TPSA) is 66.9 Å². The van der Waals surface area contributed by atoms with Crippen molar-refractivity contribution in [3.8, 4) is 0 Å². The molecule has 2 aromatic heterocycles. The van der Waals surface area contributed by atoms with Crippen molar-refractivity contribution in [3.63, 3.8) is 0 Å². The first-order valence-corrected chi connectivity index (χ1v) is 6.56.